The Morgan fingerprint density at radius 3 is 2.41 bits per heavy atom. The first-order valence-electron chi connectivity index (χ1n) is 7.88. The van der Waals surface area contributed by atoms with E-state index >= 15 is 0 Å². The highest BCUT2D eigenvalue weighted by Gasteiger charge is 2.24. The van der Waals surface area contributed by atoms with Gasteiger partial charge in [-0.05, 0) is 43.3 Å². The lowest BCUT2D eigenvalue weighted by molar-refractivity contribution is -0.148. The van der Waals surface area contributed by atoms with E-state index < -0.39 is 40.4 Å². The number of halogens is 4. The molecule has 2 N–H and O–H groups in total. The lowest BCUT2D eigenvalue weighted by Crippen LogP contribution is -2.40. The number of sulfonamides is 1. The van der Waals surface area contributed by atoms with Gasteiger partial charge in [0.15, 0.2) is 6.61 Å². The molecule has 2 aromatic carbocycles. The summed E-state index contributed by atoms with van der Waals surface area (Å²) < 4.78 is 45.1. The summed E-state index contributed by atoms with van der Waals surface area (Å²) in [5.74, 6) is -2.60. The molecular formula is C17H14Cl3FN2O5S. The molecule has 0 aliphatic rings. The average Bonchev–Trinajstić information content (AvgIpc) is 2.63. The summed E-state index contributed by atoms with van der Waals surface area (Å²) in [6.07, 6.45) is 0. The number of rotatable bonds is 7. The maximum Gasteiger partial charge on any atom is 0.324 e. The van der Waals surface area contributed by atoms with Gasteiger partial charge in [-0.15, -0.1) is 0 Å². The van der Waals surface area contributed by atoms with Crippen LogP contribution >= 0.6 is 34.8 Å². The number of amides is 1. The van der Waals surface area contributed by atoms with Gasteiger partial charge in [0.25, 0.3) is 5.91 Å². The third-order valence-electron chi connectivity index (χ3n) is 3.44. The Bertz CT molecular complexity index is 1050. The summed E-state index contributed by atoms with van der Waals surface area (Å²) in [4.78, 5) is 23.6. The molecule has 0 aliphatic heterocycles. The van der Waals surface area contributed by atoms with Crippen LogP contribution in [0.5, 0.6) is 0 Å². The molecule has 2 aromatic rings. The molecule has 1 unspecified atom stereocenters. The van der Waals surface area contributed by atoms with Crippen molar-refractivity contribution in [3.8, 4) is 0 Å². The van der Waals surface area contributed by atoms with Crippen LogP contribution in [0.25, 0.3) is 0 Å². The molecule has 0 saturated carbocycles. The normalized spacial score (nSPS) is 12.3. The van der Waals surface area contributed by atoms with Crippen molar-refractivity contribution in [1.29, 1.82) is 0 Å². The van der Waals surface area contributed by atoms with Crippen LogP contribution in [0.1, 0.15) is 6.92 Å². The van der Waals surface area contributed by atoms with Crippen LogP contribution in [0, 0.1) is 5.82 Å². The molecule has 0 spiro atoms. The summed E-state index contributed by atoms with van der Waals surface area (Å²) in [5.41, 5.74) is -0.149. The molecule has 2 rings (SSSR count). The van der Waals surface area contributed by atoms with Crippen LogP contribution in [0.15, 0.2) is 41.3 Å². The first-order chi connectivity index (χ1) is 13.5. The minimum absolute atomic E-state index is 0.0240. The van der Waals surface area contributed by atoms with E-state index in [0.29, 0.717) is 0 Å². The van der Waals surface area contributed by atoms with E-state index in [2.05, 4.69) is 10.0 Å². The smallest absolute Gasteiger partial charge is 0.324 e. The summed E-state index contributed by atoms with van der Waals surface area (Å²) in [6, 6.07) is 5.93. The molecule has 0 heterocycles. The molecule has 1 atom stereocenters. The van der Waals surface area contributed by atoms with Crippen LogP contribution in [0.4, 0.5) is 10.1 Å². The summed E-state index contributed by atoms with van der Waals surface area (Å²) >= 11 is 17.2. The topological polar surface area (TPSA) is 102 Å². The predicted octanol–water partition coefficient (Wildman–Crippen LogP) is 3.63. The third-order valence-corrected chi connectivity index (χ3v) is 5.95. The van der Waals surface area contributed by atoms with Gasteiger partial charge in [0.1, 0.15) is 11.9 Å². The van der Waals surface area contributed by atoms with E-state index in [1.165, 1.54) is 31.2 Å². The number of carbonyl (C=O) groups excluding carboxylic acids is 2. The van der Waals surface area contributed by atoms with Crippen LogP contribution in [-0.2, 0) is 24.3 Å². The minimum Gasteiger partial charge on any atom is -0.454 e. The molecule has 12 heteroatoms. The molecule has 0 aromatic heterocycles. The number of nitrogens with one attached hydrogen (secondary N) is 2. The van der Waals surface area contributed by atoms with E-state index in [1.807, 2.05) is 0 Å². The number of hydrogen-bond donors (Lipinski definition) is 2. The van der Waals surface area contributed by atoms with Gasteiger partial charge in [-0.1, -0.05) is 34.8 Å². The van der Waals surface area contributed by atoms with Gasteiger partial charge in [-0.25, -0.2) is 12.8 Å². The Morgan fingerprint density at radius 2 is 1.79 bits per heavy atom. The van der Waals surface area contributed by atoms with Crippen molar-refractivity contribution in [2.75, 3.05) is 11.9 Å². The minimum atomic E-state index is -4.10. The SMILES string of the molecule is CC(NS(=O)(=O)c1ccc(Cl)c(Cl)c1)C(=O)OCC(=O)Nc1ccc(Cl)cc1F. The zero-order valence-corrected chi connectivity index (χ0v) is 17.8. The molecular weight excluding hydrogens is 470 g/mol. The van der Waals surface area contributed by atoms with Crippen molar-refractivity contribution >= 4 is 62.4 Å². The first-order valence-corrected chi connectivity index (χ1v) is 10.5. The third kappa shape index (κ3) is 6.55. The van der Waals surface area contributed by atoms with Crippen LogP contribution in [0.3, 0.4) is 0 Å². The second kappa shape index (κ2) is 9.73. The molecule has 0 aliphatic carbocycles. The van der Waals surface area contributed by atoms with Crippen molar-refractivity contribution < 1.29 is 27.1 Å². The number of ether oxygens (including phenoxy) is 1. The van der Waals surface area contributed by atoms with Crippen molar-refractivity contribution in [3.63, 3.8) is 0 Å². The molecule has 156 valence electrons. The molecule has 0 saturated heterocycles. The molecule has 7 nitrogen and oxygen atoms in total. The maximum absolute atomic E-state index is 13.6. The zero-order chi connectivity index (χ0) is 21.8. The second-order valence-electron chi connectivity index (χ2n) is 5.70. The highest BCUT2D eigenvalue weighted by atomic mass is 35.5. The Hall–Kier alpha value is -1.91. The second-order valence-corrected chi connectivity index (χ2v) is 8.66. The van der Waals surface area contributed by atoms with Crippen LogP contribution in [-0.4, -0.2) is 32.9 Å². The number of anilines is 1. The van der Waals surface area contributed by atoms with E-state index in [-0.39, 0.29) is 25.7 Å². The van der Waals surface area contributed by atoms with Crippen molar-refractivity contribution in [2.24, 2.45) is 0 Å². The molecule has 0 radical (unpaired) electrons. The van der Waals surface area contributed by atoms with Gasteiger partial charge in [-0.2, -0.15) is 4.72 Å². The number of hydrogen-bond acceptors (Lipinski definition) is 5. The fraction of sp³-hybridized carbons (Fsp3) is 0.176. The fourth-order valence-electron chi connectivity index (χ4n) is 2.03. The maximum atomic E-state index is 13.6. The van der Waals surface area contributed by atoms with E-state index in [1.54, 1.807) is 0 Å². The summed E-state index contributed by atoms with van der Waals surface area (Å²) in [6.45, 7) is 0.480. The van der Waals surface area contributed by atoms with Gasteiger partial charge in [-0.3, -0.25) is 9.59 Å². The molecule has 0 fully saturated rings. The van der Waals surface area contributed by atoms with Gasteiger partial charge in [0, 0.05) is 5.02 Å². The zero-order valence-electron chi connectivity index (χ0n) is 14.7. The van der Waals surface area contributed by atoms with Crippen LogP contribution in [0.2, 0.25) is 15.1 Å². The summed E-state index contributed by atoms with van der Waals surface area (Å²) in [7, 11) is -4.10. The fourth-order valence-corrected chi connectivity index (χ4v) is 3.77. The van der Waals surface area contributed by atoms with Crippen molar-refractivity contribution in [1.82, 2.24) is 4.72 Å². The monoisotopic (exact) mass is 482 g/mol. The summed E-state index contributed by atoms with van der Waals surface area (Å²) in [5, 5.41) is 2.54. The first kappa shape index (κ1) is 23.4. The standard InChI is InChI=1S/C17H14Cl3FN2O5S/c1-9(23-29(26,27)11-3-4-12(19)13(20)7-11)17(25)28-8-16(24)22-15-5-2-10(18)6-14(15)21/h2-7,9,23H,8H2,1H3,(H,22,24). The van der Waals surface area contributed by atoms with Gasteiger partial charge >= 0.3 is 5.97 Å². The van der Waals surface area contributed by atoms with Gasteiger partial charge < -0.3 is 10.1 Å². The van der Waals surface area contributed by atoms with E-state index in [0.717, 1.165) is 12.1 Å². The quantitative estimate of drug-likeness (QED) is 0.586. The number of esters is 1. The number of carbonyl (C=O) groups is 2. The average molecular weight is 484 g/mol. The van der Waals surface area contributed by atoms with E-state index in [9.17, 15) is 22.4 Å². The molecule has 29 heavy (non-hydrogen) atoms. The molecule has 1 amide bonds. The Labute approximate surface area is 181 Å². The Kier molecular flexibility index (Phi) is 7.84. The Morgan fingerprint density at radius 1 is 1.10 bits per heavy atom. The molecule has 0 bridgehead atoms. The van der Waals surface area contributed by atoms with Gasteiger partial charge in [0.2, 0.25) is 10.0 Å². The van der Waals surface area contributed by atoms with Crippen LogP contribution < -0.4 is 10.0 Å². The van der Waals surface area contributed by atoms with E-state index in [4.69, 9.17) is 39.5 Å². The Balaban J connectivity index is 1.92. The lowest BCUT2D eigenvalue weighted by Gasteiger charge is -2.14. The van der Waals surface area contributed by atoms with Crippen molar-refractivity contribution in [3.05, 3.63) is 57.3 Å². The highest BCUT2D eigenvalue weighted by molar-refractivity contribution is 7.89. The highest BCUT2D eigenvalue weighted by Crippen LogP contribution is 2.25. The van der Waals surface area contributed by atoms with Gasteiger partial charge in [0.05, 0.1) is 20.6 Å². The lowest BCUT2D eigenvalue weighted by atomic mass is 10.3. The largest absolute Gasteiger partial charge is 0.454 e. The number of benzene rings is 2. The van der Waals surface area contributed by atoms with Crippen molar-refractivity contribution in [2.45, 2.75) is 17.9 Å². The predicted molar refractivity (Wildman–Crippen MR) is 107 cm³/mol.